The van der Waals surface area contributed by atoms with Crippen molar-refractivity contribution in [3.05, 3.63) is 0 Å². The Labute approximate surface area is 141 Å². The normalized spacial score (nSPS) is 24.3. The Hall–Kier alpha value is -0.860. The second kappa shape index (κ2) is 9.44. The summed E-state index contributed by atoms with van der Waals surface area (Å²) in [6.07, 6.45) is 14.1. The molecule has 0 saturated heterocycles. The van der Waals surface area contributed by atoms with Crippen molar-refractivity contribution < 1.29 is 10.0 Å². The second-order valence-electron chi connectivity index (χ2n) is 7.68. The predicted molar refractivity (Wildman–Crippen MR) is 94.9 cm³/mol. The lowest BCUT2D eigenvalue weighted by Crippen LogP contribution is -2.37. The van der Waals surface area contributed by atoms with Crippen molar-refractivity contribution in [3.63, 3.8) is 0 Å². The van der Waals surface area contributed by atoms with Gasteiger partial charge in [-0.1, -0.05) is 57.5 Å². The quantitative estimate of drug-likeness (QED) is 0.377. The van der Waals surface area contributed by atoms with Gasteiger partial charge in [0.25, 0.3) is 0 Å². The van der Waals surface area contributed by atoms with E-state index in [0.29, 0.717) is 17.5 Å². The average molecular weight is 322 g/mol. The smallest absolute Gasteiger partial charge is 0.184 e. The number of oxime groups is 1. The van der Waals surface area contributed by atoms with E-state index in [2.05, 4.69) is 19.0 Å². The summed E-state index contributed by atoms with van der Waals surface area (Å²) in [7, 11) is 0. The molecule has 2 aliphatic rings. The third kappa shape index (κ3) is 4.58. The highest BCUT2D eigenvalue weighted by atomic mass is 16.4. The lowest BCUT2D eigenvalue weighted by atomic mass is 9.71. The molecule has 2 aliphatic carbocycles. The maximum Gasteiger partial charge on any atom is 0.184 e. The number of nitrogens with zero attached hydrogens (tertiary/aromatic N) is 1. The Morgan fingerprint density at radius 1 is 0.870 bits per heavy atom. The number of Topliss-reactive ketones (excluding diaryl/α,β-unsaturated/α-hetero) is 1. The molecule has 3 nitrogen and oxygen atoms in total. The minimum absolute atomic E-state index is 0.0684. The molecule has 2 unspecified atom stereocenters. The molecule has 2 atom stereocenters. The molecular formula is C20H35NO2. The van der Waals surface area contributed by atoms with Gasteiger partial charge >= 0.3 is 0 Å². The maximum atomic E-state index is 13.2. The summed E-state index contributed by atoms with van der Waals surface area (Å²) in [5.41, 5.74) is 0.497. The molecule has 2 rings (SSSR count). The third-order valence-corrected chi connectivity index (χ3v) is 6.37. The molecule has 0 aromatic rings. The van der Waals surface area contributed by atoms with Crippen LogP contribution in [-0.2, 0) is 4.79 Å². The van der Waals surface area contributed by atoms with Crippen molar-refractivity contribution >= 4 is 11.5 Å². The summed E-state index contributed by atoms with van der Waals surface area (Å²) in [5, 5.41) is 13.2. The van der Waals surface area contributed by atoms with Gasteiger partial charge < -0.3 is 5.21 Å². The highest BCUT2D eigenvalue weighted by molar-refractivity contribution is 6.41. The molecule has 0 spiro atoms. The van der Waals surface area contributed by atoms with Crippen molar-refractivity contribution in [2.45, 2.75) is 90.9 Å². The SMILES string of the molecule is CCC(C(=O)C(=NO)C(CC)C1CCCCC1)C1CCCCC1. The van der Waals surface area contributed by atoms with E-state index >= 15 is 0 Å². The summed E-state index contributed by atoms with van der Waals surface area (Å²) in [6.45, 7) is 4.26. The molecule has 3 heteroatoms. The molecule has 0 heterocycles. The van der Waals surface area contributed by atoms with E-state index < -0.39 is 0 Å². The first-order valence-corrected chi connectivity index (χ1v) is 9.99. The van der Waals surface area contributed by atoms with Crippen molar-refractivity contribution in [1.29, 1.82) is 0 Å². The van der Waals surface area contributed by atoms with Gasteiger partial charge in [0.1, 0.15) is 5.71 Å². The number of rotatable bonds is 7. The molecule has 0 radical (unpaired) electrons. The van der Waals surface area contributed by atoms with Crippen LogP contribution < -0.4 is 0 Å². The first kappa shape index (κ1) is 18.5. The average Bonchev–Trinajstić information content (AvgIpc) is 2.61. The van der Waals surface area contributed by atoms with Crippen LogP contribution in [0.15, 0.2) is 5.16 Å². The summed E-state index contributed by atoms with van der Waals surface area (Å²) >= 11 is 0. The zero-order valence-corrected chi connectivity index (χ0v) is 15.1. The van der Waals surface area contributed by atoms with E-state index in [9.17, 15) is 10.0 Å². The van der Waals surface area contributed by atoms with Crippen molar-refractivity contribution in [3.8, 4) is 0 Å². The third-order valence-electron chi connectivity index (χ3n) is 6.37. The van der Waals surface area contributed by atoms with Gasteiger partial charge in [-0.3, -0.25) is 4.79 Å². The number of hydrogen-bond donors (Lipinski definition) is 1. The van der Waals surface area contributed by atoms with Crippen LogP contribution in [0.2, 0.25) is 0 Å². The summed E-state index contributed by atoms with van der Waals surface area (Å²) in [5.74, 6) is 1.41. The largest absolute Gasteiger partial charge is 0.411 e. The standard InChI is InChI=1S/C20H35NO2/c1-3-17(15-11-7-5-8-12-15)19(21-23)20(22)18(4-2)16-13-9-6-10-14-16/h15-18,23H,3-14H2,1-2H3. The van der Waals surface area contributed by atoms with Gasteiger partial charge in [0.15, 0.2) is 5.78 Å². The van der Waals surface area contributed by atoms with Crippen molar-refractivity contribution in [2.75, 3.05) is 0 Å². The van der Waals surface area contributed by atoms with Crippen LogP contribution in [0.1, 0.15) is 90.9 Å². The summed E-state index contributed by atoms with van der Waals surface area (Å²) in [6, 6.07) is 0. The lowest BCUT2D eigenvalue weighted by molar-refractivity contribution is -0.119. The van der Waals surface area contributed by atoms with Gasteiger partial charge in [0.2, 0.25) is 0 Å². The van der Waals surface area contributed by atoms with Crippen LogP contribution >= 0.6 is 0 Å². The van der Waals surface area contributed by atoms with Gasteiger partial charge in [0.05, 0.1) is 0 Å². The molecule has 0 aromatic carbocycles. The maximum absolute atomic E-state index is 13.2. The van der Waals surface area contributed by atoms with Crippen LogP contribution in [0.4, 0.5) is 0 Å². The van der Waals surface area contributed by atoms with Crippen molar-refractivity contribution in [2.24, 2.45) is 28.8 Å². The molecule has 2 fully saturated rings. The molecule has 132 valence electrons. The van der Waals surface area contributed by atoms with Crippen LogP contribution in [0, 0.1) is 23.7 Å². The highest BCUT2D eigenvalue weighted by Gasteiger charge is 2.36. The molecule has 2 saturated carbocycles. The second-order valence-corrected chi connectivity index (χ2v) is 7.68. The molecule has 0 aromatic heterocycles. The fourth-order valence-electron chi connectivity index (χ4n) is 5.05. The lowest BCUT2D eigenvalue weighted by Gasteiger charge is -2.33. The molecule has 0 bridgehead atoms. The number of hydrogen-bond acceptors (Lipinski definition) is 3. The monoisotopic (exact) mass is 321 g/mol. The first-order valence-electron chi connectivity index (χ1n) is 9.99. The highest BCUT2D eigenvalue weighted by Crippen LogP contribution is 2.36. The van der Waals surface area contributed by atoms with E-state index in [1.807, 2.05) is 0 Å². The number of carbonyl (C=O) groups is 1. The van der Waals surface area contributed by atoms with Crippen LogP contribution in [-0.4, -0.2) is 16.7 Å². The molecule has 0 aliphatic heterocycles. The molecule has 1 N–H and O–H groups in total. The predicted octanol–water partition coefficient (Wildman–Crippen LogP) is 5.60. The Morgan fingerprint density at radius 2 is 1.30 bits per heavy atom. The van der Waals surface area contributed by atoms with Crippen molar-refractivity contribution in [1.82, 2.24) is 0 Å². The topological polar surface area (TPSA) is 49.7 Å². The van der Waals surface area contributed by atoms with Gasteiger partial charge in [-0.2, -0.15) is 0 Å². The number of ketones is 1. The molecule has 0 amide bonds. The van der Waals surface area contributed by atoms with E-state index in [4.69, 9.17) is 0 Å². The van der Waals surface area contributed by atoms with E-state index in [-0.39, 0.29) is 17.6 Å². The van der Waals surface area contributed by atoms with Crippen LogP contribution in [0.5, 0.6) is 0 Å². The van der Waals surface area contributed by atoms with Gasteiger partial charge in [-0.15, -0.1) is 0 Å². The zero-order valence-electron chi connectivity index (χ0n) is 15.1. The molecular weight excluding hydrogens is 286 g/mol. The fourth-order valence-corrected chi connectivity index (χ4v) is 5.05. The fraction of sp³-hybridized carbons (Fsp3) is 0.900. The summed E-state index contributed by atoms with van der Waals surface area (Å²) < 4.78 is 0. The first-order chi connectivity index (χ1) is 11.2. The van der Waals surface area contributed by atoms with Gasteiger partial charge in [-0.05, 0) is 50.4 Å². The van der Waals surface area contributed by atoms with Crippen LogP contribution in [0.3, 0.4) is 0 Å². The minimum atomic E-state index is 0.0684. The Balaban J connectivity index is 2.11. The summed E-state index contributed by atoms with van der Waals surface area (Å²) in [4.78, 5) is 13.2. The van der Waals surface area contributed by atoms with E-state index in [1.165, 1.54) is 64.2 Å². The van der Waals surface area contributed by atoms with Gasteiger partial charge in [0, 0.05) is 11.8 Å². The van der Waals surface area contributed by atoms with E-state index in [1.54, 1.807) is 0 Å². The van der Waals surface area contributed by atoms with Crippen LogP contribution in [0.25, 0.3) is 0 Å². The zero-order chi connectivity index (χ0) is 16.7. The Morgan fingerprint density at radius 3 is 1.70 bits per heavy atom. The van der Waals surface area contributed by atoms with E-state index in [0.717, 1.165) is 12.8 Å². The Kier molecular flexibility index (Phi) is 7.58. The number of carbonyl (C=O) groups excluding carboxylic acids is 1. The minimum Gasteiger partial charge on any atom is -0.411 e. The van der Waals surface area contributed by atoms with Gasteiger partial charge in [-0.25, -0.2) is 0 Å². The molecule has 23 heavy (non-hydrogen) atoms. The Bertz CT molecular complexity index is 392.